The molecule has 0 aliphatic carbocycles. The third kappa shape index (κ3) is 4.61. The molecule has 4 aromatic rings. The Hall–Kier alpha value is -3.59. The van der Waals surface area contributed by atoms with Crippen molar-refractivity contribution in [2.75, 3.05) is 25.3 Å². The zero-order valence-corrected chi connectivity index (χ0v) is 18.1. The highest BCUT2D eigenvalue weighted by atomic mass is 32.2. The van der Waals surface area contributed by atoms with Gasteiger partial charge in [-0.1, -0.05) is 29.5 Å². The molecule has 0 saturated heterocycles. The first-order valence-electron chi connectivity index (χ1n) is 9.51. The van der Waals surface area contributed by atoms with Gasteiger partial charge in [0.2, 0.25) is 5.91 Å². The normalized spacial score (nSPS) is 10.8. The summed E-state index contributed by atoms with van der Waals surface area (Å²) in [5.41, 5.74) is 3.31. The number of thioether (sulfide) groups is 1. The molecule has 1 amide bonds. The second kappa shape index (κ2) is 9.05. The second-order valence-electron chi connectivity index (χ2n) is 6.74. The number of hydrogen-bond acceptors (Lipinski definition) is 7. The van der Waals surface area contributed by atoms with Crippen molar-refractivity contribution >= 4 is 29.0 Å². The molecule has 2 aromatic heterocycles. The molecule has 8 nitrogen and oxygen atoms in total. The number of aryl methyl sites for hydroxylation is 1. The van der Waals surface area contributed by atoms with Crippen molar-refractivity contribution in [1.29, 1.82) is 0 Å². The number of carbonyl (C=O) groups excluding carboxylic acids is 1. The van der Waals surface area contributed by atoms with E-state index in [0.29, 0.717) is 28.0 Å². The number of fused-ring (bicyclic) bond motifs is 1. The van der Waals surface area contributed by atoms with E-state index in [0.717, 1.165) is 16.8 Å². The third-order valence-corrected chi connectivity index (χ3v) is 5.49. The summed E-state index contributed by atoms with van der Waals surface area (Å²) in [6.07, 6.45) is 0. The van der Waals surface area contributed by atoms with Crippen molar-refractivity contribution in [3.63, 3.8) is 0 Å². The number of carbonyl (C=O) groups is 1. The summed E-state index contributed by atoms with van der Waals surface area (Å²) in [5, 5.41) is 16.6. The van der Waals surface area contributed by atoms with Gasteiger partial charge < -0.3 is 14.8 Å². The molecule has 31 heavy (non-hydrogen) atoms. The molecule has 0 atom stereocenters. The standard InChI is InChI=1S/C22H21N5O3S/c1-14-4-7-16(8-5-14)23-20(28)13-31-21-11-10-19-24-25-22(27(19)26-21)15-6-9-17(29-2)18(12-15)30-3/h4-12H,13H2,1-3H3,(H,23,28). The first-order chi connectivity index (χ1) is 15.1. The van der Waals surface area contributed by atoms with Gasteiger partial charge in [-0.3, -0.25) is 4.79 Å². The van der Waals surface area contributed by atoms with Crippen molar-refractivity contribution in [1.82, 2.24) is 19.8 Å². The molecular weight excluding hydrogens is 414 g/mol. The smallest absolute Gasteiger partial charge is 0.234 e. The fourth-order valence-corrected chi connectivity index (χ4v) is 3.63. The van der Waals surface area contributed by atoms with E-state index >= 15 is 0 Å². The second-order valence-corrected chi connectivity index (χ2v) is 7.73. The molecule has 0 aliphatic heterocycles. The number of benzene rings is 2. The number of hydrogen-bond donors (Lipinski definition) is 1. The number of aromatic nitrogens is 4. The Kier molecular flexibility index (Phi) is 6.03. The molecule has 0 saturated carbocycles. The molecule has 2 aromatic carbocycles. The van der Waals surface area contributed by atoms with E-state index < -0.39 is 0 Å². The molecular formula is C22H21N5O3S. The van der Waals surface area contributed by atoms with E-state index in [1.807, 2.05) is 61.5 Å². The molecule has 2 heterocycles. The molecule has 0 unspecified atom stereocenters. The van der Waals surface area contributed by atoms with E-state index in [1.54, 1.807) is 18.7 Å². The molecule has 0 bridgehead atoms. The summed E-state index contributed by atoms with van der Waals surface area (Å²) in [6, 6.07) is 16.8. The van der Waals surface area contributed by atoms with E-state index in [-0.39, 0.29) is 11.7 Å². The predicted octanol–water partition coefficient (Wildman–Crippen LogP) is 3.85. The summed E-state index contributed by atoms with van der Waals surface area (Å²) < 4.78 is 12.3. The maximum atomic E-state index is 12.3. The lowest BCUT2D eigenvalue weighted by Crippen LogP contribution is -2.14. The number of nitrogens with zero attached hydrogens (tertiary/aromatic N) is 4. The highest BCUT2D eigenvalue weighted by molar-refractivity contribution is 7.99. The molecule has 0 fully saturated rings. The lowest BCUT2D eigenvalue weighted by Gasteiger charge is -2.09. The molecule has 0 radical (unpaired) electrons. The third-order valence-electron chi connectivity index (χ3n) is 4.57. The monoisotopic (exact) mass is 435 g/mol. The minimum atomic E-state index is -0.0976. The van der Waals surface area contributed by atoms with Crippen LogP contribution in [-0.4, -0.2) is 45.7 Å². The van der Waals surface area contributed by atoms with Gasteiger partial charge in [0.25, 0.3) is 0 Å². The zero-order valence-electron chi connectivity index (χ0n) is 17.3. The largest absolute Gasteiger partial charge is 0.493 e. The van der Waals surface area contributed by atoms with Crippen LogP contribution < -0.4 is 14.8 Å². The molecule has 9 heteroatoms. The van der Waals surface area contributed by atoms with Crippen LogP contribution in [-0.2, 0) is 4.79 Å². The van der Waals surface area contributed by atoms with Crippen LogP contribution in [0.15, 0.2) is 59.6 Å². The molecule has 0 spiro atoms. The van der Waals surface area contributed by atoms with Crippen LogP contribution in [0.5, 0.6) is 11.5 Å². The van der Waals surface area contributed by atoms with E-state index in [2.05, 4.69) is 20.6 Å². The minimum absolute atomic E-state index is 0.0976. The van der Waals surface area contributed by atoms with Crippen molar-refractivity contribution in [3.8, 4) is 22.9 Å². The summed E-state index contributed by atoms with van der Waals surface area (Å²) >= 11 is 1.34. The van der Waals surface area contributed by atoms with Crippen LogP contribution in [0.4, 0.5) is 5.69 Å². The average molecular weight is 436 g/mol. The Morgan fingerprint density at radius 2 is 1.77 bits per heavy atom. The Balaban J connectivity index is 1.52. The van der Waals surface area contributed by atoms with Gasteiger partial charge in [0.15, 0.2) is 23.0 Å². The summed E-state index contributed by atoms with van der Waals surface area (Å²) in [7, 11) is 3.17. The van der Waals surface area contributed by atoms with Gasteiger partial charge >= 0.3 is 0 Å². The van der Waals surface area contributed by atoms with Gasteiger partial charge in [-0.05, 0) is 49.4 Å². The van der Waals surface area contributed by atoms with Gasteiger partial charge in [0.05, 0.1) is 20.0 Å². The van der Waals surface area contributed by atoms with Crippen molar-refractivity contribution < 1.29 is 14.3 Å². The van der Waals surface area contributed by atoms with Crippen LogP contribution in [0.25, 0.3) is 17.0 Å². The quantitative estimate of drug-likeness (QED) is 0.441. The number of anilines is 1. The zero-order chi connectivity index (χ0) is 21.8. The topological polar surface area (TPSA) is 90.6 Å². The van der Waals surface area contributed by atoms with Crippen LogP contribution in [0.1, 0.15) is 5.56 Å². The lowest BCUT2D eigenvalue weighted by atomic mass is 10.2. The molecule has 158 valence electrons. The first kappa shape index (κ1) is 20.7. The molecule has 4 rings (SSSR count). The maximum absolute atomic E-state index is 12.3. The number of ether oxygens (including phenoxy) is 2. The van der Waals surface area contributed by atoms with Crippen LogP contribution in [0.2, 0.25) is 0 Å². The molecule has 0 aliphatic rings. The highest BCUT2D eigenvalue weighted by Gasteiger charge is 2.14. The van der Waals surface area contributed by atoms with E-state index in [9.17, 15) is 4.79 Å². The summed E-state index contributed by atoms with van der Waals surface area (Å²) in [5.74, 6) is 1.93. The number of amides is 1. The van der Waals surface area contributed by atoms with Crippen molar-refractivity contribution in [2.45, 2.75) is 11.9 Å². The lowest BCUT2D eigenvalue weighted by molar-refractivity contribution is -0.113. The Labute approximate surface area is 183 Å². The van der Waals surface area contributed by atoms with Gasteiger partial charge in [-0.2, -0.15) is 9.61 Å². The number of rotatable bonds is 7. The predicted molar refractivity (Wildman–Crippen MR) is 120 cm³/mol. The Morgan fingerprint density at radius 3 is 2.52 bits per heavy atom. The average Bonchev–Trinajstić information content (AvgIpc) is 3.22. The molecule has 1 N–H and O–H groups in total. The maximum Gasteiger partial charge on any atom is 0.234 e. The Morgan fingerprint density at radius 1 is 1.00 bits per heavy atom. The van der Waals surface area contributed by atoms with Gasteiger partial charge in [0.1, 0.15) is 5.03 Å². The van der Waals surface area contributed by atoms with E-state index in [1.165, 1.54) is 11.8 Å². The SMILES string of the molecule is COc1ccc(-c2nnc3ccc(SCC(=O)Nc4ccc(C)cc4)nn23)cc1OC. The van der Waals surface area contributed by atoms with E-state index in [4.69, 9.17) is 9.47 Å². The highest BCUT2D eigenvalue weighted by Crippen LogP contribution is 2.31. The Bertz CT molecular complexity index is 1220. The van der Waals surface area contributed by atoms with Crippen LogP contribution >= 0.6 is 11.8 Å². The summed E-state index contributed by atoms with van der Waals surface area (Å²) in [4.78, 5) is 12.3. The van der Waals surface area contributed by atoms with Crippen LogP contribution in [0.3, 0.4) is 0 Å². The van der Waals surface area contributed by atoms with Crippen molar-refractivity contribution in [2.24, 2.45) is 0 Å². The van der Waals surface area contributed by atoms with Crippen molar-refractivity contribution in [3.05, 3.63) is 60.2 Å². The fraction of sp³-hybridized carbons (Fsp3) is 0.182. The number of nitrogens with one attached hydrogen (secondary N) is 1. The van der Waals surface area contributed by atoms with Gasteiger partial charge in [0, 0.05) is 11.3 Å². The van der Waals surface area contributed by atoms with Gasteiger partial charge in [-0.15, -0.1) is 10.2 Å². The minimum Gasteiger partial charge on any atom is -0.493 e. The first-order valence-corrected chi connectivity index (χ1v) is 10.5. The number of methoxy groups -OCH3 is 2. The van der Waals surface area contributed by atoms with Gasteiger partial charge in [-0.25, -0.2) is 0 Å². The summed E-state index contributed by atoms with van der Waals surface area (Å²) in [6.45, 7) is 2.00. The van der Waals surface area contributed by atoms with Crippen LogP contribution in [0, 0.1) is 6.92 Å². The fourth-order valence-electron chi connectivity index (χ4n) is 2.98.